The van der Waals surface area contributed by atoms with Gasteiger partial charge in [-0.1, -0.05) is 24.3 Å². The zero-order chi connectivity index (χ0) is 14.3. The lowest BCUT2D eigenvalue weighted by molar-refractivity contribution is 0.825. The molecule has 0 radical (unpaired) electrons. The molecule has 2 aromatic heterocycles. The van der Waals surface area contributed by atoms with Gasteiger partial charge in [-0.15, -0.1) is 11.3 Å². The number of aromatic nitrogens is 2. The van der Waals surface area contributed by atoms with Crippen LogP contribution in [0.4, 0.5) is 0 Å². The van der Waals surface area contributed by atoms with Crippen LogP contribution in [0.3, 0.4) is 0 Å². The molecule has 1 aromatic carbocycles. The number of pyridine rings is 1. The smallest absolute Gasteiger partial charge is 0.104 e. The third-order valence-corrected chi connectivity index (χ3v) is 5.35. The maximum atomic E-state index is 4.92. The van der Waals surface area contributed by atoms with Crippen LogP contribution in [0.2, 0.25) is 0 Å². The summed E-state index contributed by atoms with van der Waals surface area (Å²) in [6.07, 6.45) is 6.06. The summed E-state index contributed by atoms with van der Waals surface area (Å²) in [7, 11) is 0. The van der Waals surface area contributed by atoms with Gasteiger partial charge in [0.05, 0.1) is 5.69 Å². The van der Waals surface area contributed by atoms with Crippen molar-refractivity contribution in [2.75, 3.05) is 0 Å². The quantitative estimate of drug-likeness (QED) is 0.705. The summed E-state index contributed by atoms with van der Waals surface area (Å²) in [6, 6.07) is 12.7. The molecule has 3 heteroatoms. The monoisotopic (exact) mass is 292 g/mol. The van der Waals surface area contributed by atoms with Crippen molar-refractivity contribution in [1.82, 2.24) is 9.97 Å². The van der Waals surface area contributed by atoms with Crippen LogP contribution in [0.5, 0.6) is 0 Å². The summed E-state index contributed by atoms with van der Waals surface area (Å²) < 4.78 is 0. The van der Waals surface area contributed by atoms with Crippen molar-refractivity contribution >= 4 is 11.3 Å². The minimum Gasteiger partial charge on any atom is -0.265 e. The van der Waals surface area contributed by atoms with E-state index in [-0.39, 0.29) is 5.41 Å². The SMILES string of the molecule is Cc1ccccc1C1(c2nc(-c3ccncc3)cs2)CC1. The van der Waals surface area contributed by atoms with Crippen LogP contribution in [0.1, 0.15) is 29.0 Å². The molecule has 0 aliphatic heterocycles. The van der Waals surface area contributed by atoms with Crippen molar-refractivity contribution in [3.05, 3.63) is 70.3 Å². The lowest BCUT2D eigenvalue weighted by Crippen LogP contribution is -2.10. The van der Waals surface area contributed by atoms with E-state index in [4.69, 9.17) is 4.98 Å². The first kappa shape index (κ1) is 12.7. The molecule has 3 aromatic rings. The van der Waals surface area contributed by atoms with E-state index in [0.717, 1.165) is 11.3 Å². The summed E-state index contributed by atoms with van der Waals surface area (Å²) in [4.78, 5) is 9.00. The molecule has 2 heterocycles. The second kappa shape index (κ2) is 4.78. The van der Waals surface area contributed by atoms with Crippen LogP contribution >= 0.6 is 11.3 Å². The second-order valence-electron chi connectivity index (χ2n) is 5.67. The van der Waals surface area contributed by atoms with Crippen LogP contribution in [0.25, 0.3) is 11.3 Å². The predicted molar refractivity (Wildman–Crippen MR) is 86.5 cm³/mol. The highest BCUT2D eigenvalue weighted by Gasteiger charge is 2.49. The van der Waals surface area contributed by atoms with Gasteiger partial charge in [0, 0.05) is 28.8 Å². The van der Waals surface area contributed by atoms with E-state index < -0.39 is 0 Å². The maximum absolute atomic E-state index is 4.92. The van der Waals surface area contributed by atoms with Gasteiger partial charge < -0.3 is 0 Å². The normalized spacial score (nSPS) is 15.9. The van der Waals surface area contributed by atoms with Gasteiger partial charge in [0.25, 0.3) is 0 Å². The molecule has 0 N–H and O–H groups in total. The Hall–Kier alpha value is -2.00. The summed E-state index contributed by atoms with van der Waals surface area (Å²) in [5.41, 5.74) is 5.20. The molecule has 1 fully saturated rings. The zero-order valence-electron chi connectivity index (χ0n) is 11.9. The summed E-state index contributed by atoms with van der Waals surface area (Å²) in [5, 5.41) is 3.42. The summed E-state index contributed by atoms with van der Waals surface area (Å²) in [5.74, 6) is 0. The fraction of sp³-hybridized carbons (Fsp3) is 0.222. The topological polar surface area (TPSA) is 25.8 Å². The van der Waals surface area contributed by atoms with Gasteiger partial charge in [-0.05, 0) is 43.0 Å². The number of rotatable bonds is 3. The van der Waals surface area contributed by atoms with E-state index in [1.807, 2.05) is 24.5 Å². The Morgan fingerprint density at radius 2 is 1.81 bits per heavy atom. The highest BCUT2D eigenvalue weighted by molar-refractivity contribution is 7.10. The molecule has 0 unspecified atom stereocenters. The molecular weight excluding hydrogens is 276 g/mol. The number of hydrogen-bond donors (Lipinski definition) is 0. The molecule has 1 aliphatic rings. The number of benzene rings is 1. The summed E-state index contributed by atoms with van der Waals surface area (Å²) in [6.45, 7) is 2.20. The molecule has 1 saturated carbocycles. The largest absolute Gasteiger partial charge is 0.265 e. The molecule has 2 nitrogen and oxygen atoms in total. The first-order valence-corrected chi connectivity index (χ1v) is 8.10. The third kappa shape index (κ3) is 2.09. The molecule has 4 rings (SSSR count). The molecular formula is C18H16N2S. The lowest BCUT2D eigenvalue weighted by atomic mass is 9.92. The van der Waals surface area contributed by atoms with Gasteiger partial charge in [-0.25, -0.2) is 4.98 Å². The first-order chi connectivity index (χ1) is 10.3. The molecule has 0 spiro atoms. The Balaban J connectivity index is 1.75. The van der Waals surface area contributed by atoms with Gasteiger partial charge in [0.15, 0.2) is 0 Å². The van der Waals surface area contributed by atoms with E-state index >= 15 is 0 Å². The van der Waals surface area contributed by atoms with Gasteiger partial charge in [0.1, 0.15) is 5.01 Å². The highest BCUT2D eigenvalue weighted by Crippen LogP contribution is 2.55. The van der Waals surface area contributed by atoms with Crippen molar-refractivity contribution in [3.8, 4) is 11.3 Å². The Kier molecular flexibility index (Phi) is 2.89. The van der Waals surface area contributed by atoms with Gasteiger partial charge in [0.2, 0.25) is 0 Å². The number of thiazole rings is 1. The molecule has 0 saturated heterocycles. The minimum atomic E-state index is 0.168. The molecule has 0 amide bonds. The molecule has 21 heavy (non-hydrogen) atoms. The first-order valence-electron chi connectivity index (χ1n) is 7.22. The fourth-order valence-corrected chi connectivity index (χ4v) is 4.08. The van der Waals surface area contributed by atoms with E-state index in [2.05, 4.69) is 41.6 Å². The molecule has 104 valence electrons. The molecule has 0 bridgehead atoms. The number of nitrogens with zero attached hydrogens (tertiary/aromatic N) is 2. The van der Waals surface area contributed by atoms with Gasteiger partial charge in [-0.3, -0.25) is 4.98 Å². The average molecular weight is 292 g/mol. The van der Waals surface area contributed by atoms with E-state index in [1.165, 1.54) is 29.0 Å². The summed E-state index contributed by atoms with van der Waals surface area (Å²) >= 11 is 1.79. The lowest BCUT2D eigenvalue weighted by Gasteiger charge is -2.15. The Morgan fingerprint density at radius 3 is 2.52 bits per heavy atom. The van der Waals surface area contributed by atoms with Crippen LogP contribution in [0, 0.1) is 6.92 Å². The van der Waals surface area contributed by atoms with E-state index in [0.29, 0.717) is 0 Å². The minimum absolute atomic E-state index is 0.168. The van der Waals surface area contributed by atoms with Gasteiger partial charge in [-0.2, -0.15) is 0 Å². The molecule has 0 atom stereocenters. The van der Waals surface area contributed by atoms with Crippen LogP contribution in [0.15, 0.2) is 54.2 Å². The van der Waals surface area contributed by atoms with Crippen LogP contribution < -0.4 is 0 Å². The maximum Gasteiger partial charge on any atom is 0.104 e. The van der Waals surface area contributed by atoms with Crippen molar-refractivity contribution in [1.29, 1.82) is 0 Å². The standard InChI is InChI=1S/C18H16N2S/c1-13-4-2-3-5-15(13)18(8-9-18)17-20-16(12-21-17)14-6-10-19-11-7-14/h2-7,10-12H,8-9H2,1H3. The van der Waals surface area contributed by atoms with E-state index in [1.54, 1.807) is 11.3 Å². The predicted octanol–water partition coefficient (Wildman–Crippen LogP) is 4.59. The van der Waals surface area contributed by atoms with Crippen molar-refractivity contribution < 1.29 is 0 Å². The van der Waals surface area contributed by atoms with Crippen molar-refractivity contribution in [2.45, 2.75) is 25.2 Å². The highest BCUT2D eigenvalue weighted by atomic mass is 32.1. The van der Waals surface area contributed by atoms with Gasteiger partial charge >= 0.3 is 0 Å². The van der Waals surface area contributed by atoms with Crippen molar-refractivity contribution in [2.24, 2.45) is 0 Å². The van der Waals surface area contributed by atoms with Crippen LogP contribution in [-0.4, -0.2) is 9.97 Å². The van der Waals surface area contributed by atoms with Crippen LogP contribution in [-0.2, 0) is 5.41 Å². The Bertz CT molecular complexity index is 773. The second-order valence-corrected chi connectivity index (χ2v) is 6.53. The number of aryl methyl sites for hydroxylation is 1. The van der Waals surface area contributed by atoms with Crippen molar-refractivity contribution in [3.63, 3.8) is 0 Å². The third-order valence-electron chi connectivity index (χ3n) is 4.30. The van der Waals surface area contributed by atoms with E-state index in [9.17, 15) is 0 Å². The Labute approximate surface area is 128 Å². The Morgan fingerprint density at radius 1 is 1.05 bits per heavy atom. The number of hydrogen-bond acceptors (Lipinski definition) is 3. The fourth-order valence-electron chi connectivity index (χ4n) is 2.98. The zero-order valence-corrected chi connectivity index (χ0v) is 12.7. The molecule has 1 aliphatic carbocycles. The average Bonchev–Trinajstić information content (AvgIpc) is 3.18.